The molecular formula is C15H12O3. The van der Waals surface area contributed by atoms with Crippen molar-refractivity contribution in [1.82, 2.24) is 0 Å². The first-order valence-corrected chi connectivity index (χ1v) is 5.53. The van der Waals surface area contributed by atoms with E-state index in [0.29, 0.717) is 5.56 Å². The summed E-state index contributed by atoms with van der Waals surface area (Å²) in [5.41, 5.74) is 1.18. The largest absolute Gasteiger partial charge is 0.507 e. The molecule has 3 nitrogen and oxygen atoms in total. The van der Waals surface area contributed by atoms with Gasteiger partial charge in [-0.05, 0) is 19.1 Å². The van der Waals surface area contributed by atoms with E-state index in [1.54, 1.807) is 43.3 Å². The lowest BCUT2D eigenvalue weighted by Gasteiger charge is -2.04. The van der Waals surface area contributed by atoms with Crippen LogP contribution in [-0.2, 0) is 0 Å². The highest BCUT2D eigenvalue weighted by molar-refractivity contribution is 6.49. The van der Waals surface area contributed by atoms with E-state index in [2.05, 4.69) is 0 Å². The van der Waals surface area contributed by atoms with Crippen LogP contribution in [0.3, 0.4) is 0 Å². The number of aromatic hydroxyl groups is 1. The monoisotopic (exact) mass is 240 g/mol. The molecule has 0 fully saturated rings. The predicted molar refractivity (Wildman–Crippen MR) is 67.9 cm³/mol. The Balaban J connectivity index is 2.38. The Morgan fingerprint density at radius 1 is 0.944 bits per heavy atom. The summed E-state index contributed by atoms with van der Waals surface area (Å²) < 4.78 is 0. The van der Waals surface area contributed by atoms with Gasteiger partial charge < -0.3 is 5.11 Å². The first kappa shape index (κ1) is 12.0. The number of carbonyl (C=O) groups is 2. The lowest BCUT2D eigenvalue weighted by Crippen LogP contribution is -2.14. The zero-order valence-electron chi connectivity index (χ0n) is 9.88. The van der Waals surface area contributed by atoms with Crippen molar-refractivity contribution in [2.75, 3.05) is 0 Å². The molecule has 0 radical (unpaired) electrons. The number of rotatable bonds is 3. The molecule has 2 aromatic carbocycles. The normalized spacial score (nSPS) is 10.1. The van der Waals surface area contributed by atoms with Crippen LogP contribution in [0.15, 0.2) is 48.5 Å². The van der Waals surface area contributed by atoms with E-state index in [1.807, 2.05) is 0 Å². The molecule has 0 heterocycles. The fraction of sp³-hybridized carbons (Fsp3) is 0.0667. The third-order valence-corrected chi connectivity index (χ3v) is 2.64. The number of benzene rings is 2. The van der Waals surface area contributed by atoms with Gasteiger partial charge in [0.1, 0.15) is 5.75 Å². The van der Waals surface area contributed by atoms with Crippen LogP contribution in [0.5, 0.6) is 5.75 Å². The van der Waals surface area contributed by atoms with Crippen molar-refractivity contribution < 1.29 is 14.7 Å². The fourth-order valence-electron chi connectivity index (χ4n) is 1.67. The van der Waals surface area contributed by atoms with Gasteiger partial charge in [-0.25, -0.2) is 0 Å². The van der Waals surface area contributed by atoms with Crippen LogP contribution in [0.25, 0.3) is 0 Å². The maximum Gasteiger partial charge on any atom is 0.237 e. The van der Waals surface area contributed by atoms with Gasteiger partial charge in [-0.1, -0.05) is 42.0 Å². The SMILES string of the molecule is Cc1ccc(O)c(C(=O)C(=O)c2ccccc2)c1. The van der Waals surface area contributed by atoms with Gasteiger partial charge in [0.25, 0.3) is 0 Å². The van der Waals surface area contributed by atoms with Gasteiger partial charge in [-0.15, -0.1) is 0 Å². The van der Waals surface area contributed by atoms with Gasteiger partial charge in [0, 0.05) is 5.56 Å². The van der Waals surface area contributed by atoms with E-state index in [9.17, 15) is 14.7 Å². The number of hydrogen-bond donors (Lipinski definition) is 1. The van der Waals surface area contributed by atoms with E-state index in [1.165, 1.54) is 12.1 Å². The van der Waals surface area contributed by atoms with Gasteiger partial charge in [-0.2, -0.15) is 0 Å². The lowest BCUT2D eigenvalue weighted by molar-refractivity contribution is 0.0815. The average Bonchev–Trinajstić information content (AvgIpc) is 2.41. The molecular weight excluding hydrogens is 228 g/mol. The smallest absolute Gasteiger partial charge is 0.237 e. The number of aryl methyl sites for hydroxylation is 1. The molecule has 3 heteroatoms. The zero-order chi connectivity index (χ0) is 13.1. The van der Waals surface area contributed by atoms with Crippen LogP contribution in [0.1, 0.15) is 26.3 Å². The van der Waals surface area contributed by atoms with E-state index >= 15 is 0 Å². The Hall–Kier alpha value is -2.42. The van der Waals surface area contributed by atoms with Gasteiger partial charge in [-0.3, -0.25) is 9.59 Å². The second kappa shape index (κ2) is 4.84. The van der Waals surface area contributed by atoms with Crippen LogP contribution in [-0.4, -0.2) is 16.7 Å². The Bertz CT molecular complexity index is 600. The van der Waals surface area contributed by atoms with Crippen LogP contribution in [0.2, 0.25) is 0 Å². The topological polar surface area (TPSA) is 54.4 Å². The summed E-state index contributed by atoms with van der Waals surface area (Å²) in [6.07, 6.45) is 0. The molecule has 0 bridgehead atoms. The molecule has 2 aromatic rings. The number of ketones is 2. The van der Waals surface area contributed by atoms with Crippen LogP contribution in [0, 0.1) is 6.92 Å². The second-order valence-corrected chi connectivity index (χ2v) is 4.04. The Labute approximate surface area is 105 Å². The maximum atomic E-state index is 12.0. The first-order valence-electron chi connectivity index (χ1n) is 5.53. The highest BCUT2D eigenvalue weighted by atomic mass is 16.3. The average molecular weight is 240 g/mol. The summed E-state index contributed by atoms with van der Waals surface area (Å²) in [7, 11) is 0. The summed E-state index contributed by atoms with van der Waals surface area (Å²) in [6.45, 7) is 1.79. The highest BCUT2D eigenvalue weighted by Gasteiger charge is 2.20. The molecule has 0 saturated carbocycles. The molecule has 0 aromatic heterocycles. The molecule has 0 aliphatic carbocycles. The Morgan fingerprint density at radius 2 is 1.61 bits per heavy atom. The summed E-state index contributed by atoms with van der Waals surface area (Å²) in [5.74, 6) is -1.48. The van der Waals surface area contributed by atoms with Crippen molar-refractivity contribution in [1.29, 1.82) is 0 Å². The van der Waals surface area contributed by atoms with Crippen LogP contribution < -0.4 is 0 Å². The van der Waals surface area contributed by atoms with Gasteiger partial charge in [0.2, 0.25) is 11.6 Å². The second-order valence-electron chi connectivity index (χ2n) is 4.04. The summed E-state index contributed by atoms with van der Waals surface area (Å²) in [6, 6.07) is 12.9. The molecule has 1 N–H and O–H groups in total. The number of carbonyl (C=O) groups excluding carboxylic acids is 2. The van der Waals surface area contributed by atoms with Crippen molar-refractivity contribution in [3.05, 3.63) is 65.2 Å². The van der Waals surface area contributed by atoms with Crippen molar-refractivity contribution >= 4 is 11.6 Å². The highest BCUT2D eigenvalue weighted by Crippen LogP contribution is 2.20. The number of phenols is 1. The third-order valence-electron chi connectivity index (χ3n) is 2.64. The minimum Gasteiger partial charge on any atom is -0.507 e. The Morgan fingerprint density at radius 3 is 2.28 bits per heavy atom. The van der Waals surface area contributed by atoms with E-state index in [-0.39, 0.29) is 11.3 Å². The van der Waals surface area contributed by atoms with E-state index in [4.69, 9.17) is 0 Å². The van der Waals surface area contributed by atoms with E-state index < -0.39 is 11.6 Å². The quantitative estimate of drug-likeness (QED) is 0.663. The van der Waals surface area contributed by atoms with Gasteiger partial charge in [0.15, 0.2) is 0 Å². The van der Waals surface area contributed by atoms with Crippen molar-refractivity contribution in [2.24, 2.45) is 0 Å². The predicted octanol–water partition coefficient (Wildman–Crippen LogP) is 2.77. The maximum absolute atomic E-state index is 12.0. The molecule has 0 amide bonds. The molecule has 0 saturated heterocycles. The van der Waals surface area contributed by atoms with Crippen molar-refractivity contribution in [3.63, 3.8) is 0 Å². The molecule has 90 valence electrons. The third kappa shape index (κ3) is 2.30. The molecule has 0 atom stereocenters. The molecule has 0 aliphatic rings. The molecule has 18 heavy (non-hydrogen) atoms. The molecule has 2 rings (SSSR count). The minimum absolute atomic E-state index is 0.0452. The molecule has 0 spiro atoms. The van der Waals surface area contributed by atoms with Crippen LogP contribution in [0.4, 0.5) is 0 Å². The molecule has 0 unspecified atom stereocenters. The molecule has 0 aliphatic heterocycles. The van der Waals surface area contributed by atoms with Crippen molar-refractivity contribution in [3.8, 4) is 5.75 Å². The minimum atomic E-state index is -0.692. The zero-order valence-corrected chi connectivity index (χ0v) is 9.88. The Kier molecular flexibility index (Phi) is 3.24. The lowest BCUT2D eigenvalue weighted by atomic mass is 9.99. The van der Waals surface area contributed by atoms with Gasteiger partial charge >= 0.3 is 0 Å². The fourth-order valence-corrected chi connectivity index (χ4v) is 1.67. The standard InChI is InChI=1S/C15H12O3/c1-10-7-8-13(16)12(9-10)15(18)14(17)11-5-3-2-4-6-11/h2-9,16H,1H3. The van der Waals surface area contributed by atoms with E-state index in [0.717, 1.165) is 5.56 Å². The van der Waals surface area contributed by atoms with Crippen LogP contribution >= 0.6 is 0 Å². The summed E-state index contributed by atoms with van der Waals surface area (Å²) >= 11 is 0. The number of Topliss-reactive ketones (excluding diaryl/α,β-unsaturated/α-hetero) is 2. The van der Waals surface area contributed by atoms with Crippen molar-refractivity contribution in [2.45, 2.75) is 6.92 Å². The first-order chi connectivity index (χ1) is 8.59. The number of phenolic OH excluding ortho intramolecular Hbond substituents is 1. The summed E-state index contributed by atoms with van der Waals surface area (Å²) in [4.78, 5) is 24.0. The van der Waals surface area contributed by atoms with Gasteiger partial charge in [0.05, 0.1) is 5.56 Å². The summed E-state index contributed by atoms with van der Waals surface area (Å²) in [5, 5.41) is 9.63. The number of hydrogen-bond acceptors (Lipinski definition) is 3.